The fourth-order valence-electron chi connectivity index (χ4n) is 2.47. The summed E-state index contributed by atoms with van der Waals surface area (Å²) in [7, 11) is 0. The molecule has 0 aliphatic heterocycles. The van der Waals surface area contributed by atoms with Crippen LogP contribution in [-0.2, 0) is 6.42 Å². The largest absolute Gasteiger partial charge is 0.460 e. The first kappa shape index (κ1) is 17.7. The van der Waals surface area contributed by atoms with Crippen LogP contribution in [0.15, 0.2) is 33.5 Å². The van der Waals surface area contributed by atoms with Gasteiger partial charge in [-0.15, -0.1) is 0 Å². The minimum Gasteiger partial charge on any atom is -0.460 e. The van der Waals surface area contributed by atoms with E-state index in [-0.39, 0.29) is 23.1 Å². The van der Waals surface area contributed by atoms with Gasteiger partial charge in [0.25, 0.3) is 11.5 Å². The minimum atomic E-state index is -0.301. The maximum atomic E-state index is 12.2. The number of hydrogen-bond acceptors (Lipinski definition) is 5. The summed E-state index contributed by atoms with van der Waals surface area (Å²) in [4.78, 5) is 31.0. The molecule has 0 fully saturated rings. The first-order chi connectivity index (χ1) is 12.4. The molecule has 136 valence electrons. The maximum Gasteiger partial charge on any atom is 0.271 e. The Hall–Kier alpha value is -3.16. The van der Waals surface area contributed by atoms with Crippen molar-refractivity contribution in [3.05, 3.63) is 57.6 Å². The van der Waals surface area contributed by atoms with E-state index < -0.39 is 0 Å². The third-order valence-electron chi connectivity index (χ3n) is 3.84. The lowest BCUT2D eigenvalue weighted by atomic mass is 10.2. The van der Waals surface area contributed by atoms with Gasteiger partial charge in [-0.05, 0) is 19.1 Å². The molecule has 0 bridgehead atoms. The van der Waals surface area contributed by atoms with Crippen LogP contribution in [0.3, 0.4) is 0 Å². The van der Waals surface area contributed by atoms with E-state index >= 15 is 0 Å². The van der Waals surface area contributed by atoms with Crippen molar-refractivity contribution in [2.45, 2.75) is 33.1 Å². The Morgan fingerprint density at radius 1 is 1.31 bits per heavy atom. The molecule has 0 aliphatic rings. The molecule has 26 heavy (non-hydrogen) atoms. The van der Waals surface area contributed by atoms with Crippen LogP contribution in [0.4, 0.5) is 0 Å². The summed E-state index contributed by atoms with van der Waals surface area (Å²) >= 11 is 0. The molecule has 8 heteroatoms. The molecular formula is C18H21N5O3. The third-order valence-corrected chi connectivity index (χ3v) is 3.84. The van der Waals surface area contributed by atoms with Gasteiger partial charge in [0.05, 0.1) is 0 Å². The molecule has 1 amide bonds. The van der Waals surface area contributed by atoms with Crippen LogP contribution < -0.4 is 10.9 Å². The topological polar surface area (TPSA) is 117 Å². The highest BCUT2D eigenvalue weighted by Crippen LogP contribution is 2.20. The number of H-pyrrole nitrogens is 2. The SMILES string of the molecule is Cc1ccc(-c2cc(C(=O)NCCc3cc(=O)[nH]c(C(C)C)n3)n[nH]2)o1. The number of aromatic nitrogens is 4. The number of nitrogens with one attached hydrogen (secondary N) is 3. The molecule has 3 heterocycles. The van der Waals surface area contributed by atoms with E-state index in [1.165, 1.54) is 6.07 Å². The monoisotopic (exact) mass is 355 g/mol. The summed E-state index contributed by atoms with van der Waals surface area (Å²) in [5, 5.41) is 9.58. The van der Waals surface area contributed by atoms with Crippen LogP contribution in [0.1, 0.15) is 47.5 Å². The number of furan rings is 1. The standard InChI is InChI=1S/C18H21N5O3/c1-10(2)17-20-12(8-16(24)21-17)6-7-19-18(25)14-9-13(22-23-14)15-5-4-11(3)26-15/h4-5,8-10H,6-7H2,1-3H3,(H,19,25)(H,22,23)(H,20,21,24). The second-order valence-electron chi connectivity index (χ2n) is 6.36. The molecule has 0 saturated heterocycles. The first-order valence-electron chi connectivity index (χ1n) is 8.43. The number of carbonyl (C=O) groups excluding carboxylic acids is 1. The number of carbonyl (C=O) groups is 1. The van der Waals surface area contributed by atoms with E-state index in [0.29, 0.717) is 35.9 Å². The summed E-state index contributed by atoms with van der Waals surface area (Å²) in [5.41, 5.74) is 1.37. The molecule has 0 saturated carbocycles. The summed E-state index contributed by atoms with van der Waals surface area (Å²) < 4.78 is 5.50. The van der Waals surface area contributed by atoms with E-state index in [1.54, 1.807) is 6.07 Å². The van der Waals surface area contributed by atoms with E-state index in [9.17, 15) is 9.59 Å². The predicted molar refractivity (Wildman–Crippen MR) is 96.0 cm³/mol. The quantitative estimate of drug-likeness (QED) is 0.626. The van der Waals surface area contributed by atoms with Crippen molar-refractivity contribution < 1.29 is 9.21 Å². The highest BCUT2D eigenvalue weighted by molar-refractivity contribution is 5.93. The van der Waals surface area contributed by atoms with E-state index in [4.69, 9.17) is 4.42 Å². The molecule has 3 N–H and O–H groups in total. The lowest BCUT2D eigenvalue weighted by Gasteiger charge is -2.07. The summed E-state index contributed by atoms with van der Waals surface area (Å²) in [5.74, 6) is 1.88. The Morgan fingerprint density at radius 3 is 2.81 bits per heavy atom. The van der Waals surface area contributed by atoms with Crippen LogP contribution in [0.25, 0.3) is 11.5 Å². The summed E-state index contributed by atoms with van der Waals surface area (Å²) in [6.07, 6.45) is 0.462. The van der Waals surface area contributed by atoms with Gasteiger partial charge in [0.2, 0.25) is 0 Å². The Labute approximate surface area is 150 Å². The van der Waals surface area contributed by atoms with Crippen molar-refractivity contribution in [2.75, 3.05) is 6.54 Å². The van der Waals surface area contributed by atoms with Crippen LogP contribution in [0, 0.1) is 6.92 Å². The highest BCUT2D eigenvalue weighted by atomic mass is 16.3. The van der Waals surface area contributed by atoms with Crippen molar-refractivity contribution in [2.24, 2.45) is 0 Å². The summed E-state index contributed by atoms with van der Waals surface area (Å²) in [6, 6.07) is 6.74. The van der Waals surface area contributed by atoms with E-state index in [1.807, 2.05) is 32.9 Å². The maximum absolute atomic E-state index is 12.2. The molecular weight excluding hydrogens is 334 g/mol. The molecule has 0 unspecified atom stereocenters. The van der Waals surface area contributed by atoms with E-state index in [0.717, 1.165) is 5.76 Å². The molecule has 0 aromatic carbocycles. The van der Waals surface area contributed by atoms with Crippen molar-refractivity contribution in [3.63, 3.8) is 0 Å². The number of aryl methyl sites for hydroxylation is 1. The molecule has 0 atom stereocenters. The number of amides is 1. The van der Waals surface area contributed by atoms with Crippen LogP contribution in [-0.4, -0.2) is 32.6 Å². The van der Waals surface area contributed by atoms with Gasteiger partial charge in [-0.1, -0.05) is 13.8 Å². The smallest absolute Gasteiger partial charge is 0.271 e. The van der Waals surface area contributed by atoms with Gasteiger partial charge < -0.3 is 14.7 Å². The predicted octanol–water partition coefficient (Wildman–Crippen LogP) is 2.16. The van der Waals surface area contributed by atoms with Crippen molar-refractivity contribution in [1.29, 1.82) is 0 Å². The van der Waals surface area contributed by atoms with Gasteiger partial charge in [0.1, 0.15) is 17.3 Å². The van der Waals surface area contributed by atoms with Gasteiger partial charge in [-0.2, -0.15) is 5.10 Å². The van der Waals surface area contributed by atoms with Gasteiger partial charge in [0.15, 0.2) is 11.5 Å². The number of rotatable bonds is 6. The Kier molecular flexibility index (Phi) is 5.01. The van der Waals surface area contributed by atoms with Gasteiger partial charge in [-0.3, -0.25) is 14.7 Å². The highest BCUT2D eigenvalue weighted by Gasteiger charge is 2.13. The second kappa shape index (κ2) is 7.38. The third kappa shape index (κ3) is 4.08. The zero-order valence-electron chi connectivity index (χ0n) is 14.9. The minimum absolute atomic E-state index is 0.130. The Balaban J connectivity index is 1.60. The van der Waals surface area contributed by atoms with Crippen molar-refractivity contribution in [1.82, 2.24) is 25.5 Å². The number of hydrogen-bond donors (Lipinski definition) is 3. The zero-order valence-corrected chi connectivity index (χ0v) is 14.9. The average Bonchev–Trinajstić information content (AvgIpc) is 3.23. The Morgan fingerprint density at radius 2 is 2.12 bits per heavy atom. The fraction of sp³-hybridized carbons (Fsp3) is 0.333. The van der Waals surface area contributed by atoms with Gasteiger partial charge in [-0.25, -0.2) is 4.98 Å². The molecule has 0 aliphatic carbocycles. The van der Waals surface area contributed by atoms with Crippen molar-refractivity contribution in [3.8, 4) is 11.5 Å². The molecule has 3 rings (SSSR count). The number of aromatic amines is 2. The van der Waals surface area contributed by atoms with Gasteiger partial charge in [0, 0.05) is 36.7 Å². The van der Waals surface area contributed by atoms with Crippen molar-refractivity contribution >= 4 is 5.91 Å². The normalized spacial score (nSPS) is 11.1. The lowest BCUT2D eigenvalue weighted by Crippen LogP contribution is -2.27. The molecule has 0 spiro atoms. The number of nitrogens with zero attached hydrogens (tertiary/aromatic N) is 2. The Bertz CT molecular complexity index is 967. The lowest BCUT2D eigenvalue weighted by molar-refractivity contribution is 0.0949. The molecule has 3 aromatic rings. The van der Waals surface area contributed by atoms with E-state index in [2.05, 4.69) is 25.5 Å². The fourth-order valence-corrected chi connectivity index (χ4v) is 2.47. The zero-order chi connectivity index (χ0) is 18.7. The molecule has 3 aromatic heterocycles. The average molecular weight is 355 g/mol. The van der Waals surface area contributed by atoms with Crippen LogP contribution in [0.2, 0.25) is 0 Å². The van der Waals surface area contributed by atoms with Crippen LogP contribution >= 0.6 is 0 Å². The van der Waals surface area contributed by atoms with Crippen LogP contribution in [0.5, 0.6) is 0 Å². The molecule has 0 radical (unpaired) electrons. The molecule has 8 nitrogen and oxygen atoms in total. The second-order valence-corrected chi connectivity index (χ2v) is 6.36. The first-order valence-corrected chi connectivity index (χ1v) is 8.43. The van der Waals surface area contributed by atoms with Gasteiger partial charge >= 0.3 is 0 Å². The summed E-state index contributed by atoms with van der Waals surface area (Å²) in [6.45, 7) is 6.12.